The van der Waals surface area contributed by atoms with Gasteiger partial charge in [0.25, 0.3) is 0 Å². The Labute approximate surface area is 78.5 Å². The van der Waals surface area contributed by atoms with E-state index in [9.17, 15) is 0 Å². The number of nitrogens with zero attached hydrogens (tertiary/aromatic N) is 1. The second-order valence-corrected chi connectivity index (χ2v) is 3.73. The highest BCUT2D eigenvalue weighted by atomic mass is 14.7. The van der Waals surface area contributed by atoms with Crippen molar-refractivity contribution in [3.8, 4) is 0 Å². The topological polar surface area (TPSA) is 36.7 Å². The lowest BCUT2D eigenvalue weighted by Gasteiger charge is -2.18. The van der Waals surface area contributed by atoms with E-state index in [2.05, 4.69) is 18.0 Å². The highest BCUT2D eigenvalue weighted by molar-refractivity contribution is 6.01. The highest BCUT2D eigenvalue weighted by Gasteiger charge is 2.17. The van der Waals surface area contributed by atoms with Gasteiger partial charge in [0, 0.05) is 22.7 Å². The van der Waals surface area contributed by atoms with E-state index >= 15 is 0 Å². The fourth-order valence-electron chi connectivity index (χ4n) is 2.06. The zero-order chi connectivity index (χ0) is 9.42. The molecule has 0 unspecified atom stereocenters. The zero-order valence-corrected chi connectivity index (χ0v) is 8.15. The lowest BCUT2D eigenvalue weighted by Crippen LogP contribution is -2.15. The van der Waals surface area contributed by atoms with Gasteiger partial charge < -0.3 is 5.41 Å². The minimum absolute atomic E-state index is 0.770. The monoisotopic (exact) mass is 174 g/mol. The summed E-state index contributed by atoms with van der Waals surface area (Å²) in [5.41, 5.74) is 5.30. The molecule has 1 aliphatic rings. The smallest absolute Gasteiger partial charge is 0.0499 e. The van der Waals surface area contributed by atoms with Gasteiger partial charge in [-0.15, -0.1) is 0 Å². The Hall–Kier alpha value is -1.18. The van der Waals surface area contributed by atoms with E-state index in [-0.39, 0.29) is 0 Å². The molecule has 0 aromatic carbocycles. The van der Waals surface area contributed by atoms with Crippen LogP contribution in [0.15, 0.2) is 6.07 Å². The van der Waals surface area contributed by atoms with Crippen LogP contribution in [0.1, 0.15) is 35.4 Å². The van der Waals surface area contributed by atoms with Crippen LogP contribution in [0, 0.1) is 19.3 Å². The molecule has 0 amide bonds. The largest absolute Gasteiger partial charge is 0.305 e. The summed E-state index contributed by atoms with van der Waals surface area (Å²) in [5.74, 6) is 0. The standard InChI is InChI=1S/C11H14N2/c1-7-6-8(2)13-10-5-3-4-9(12)11(7)10/h6,12H,3-5H2,1-2H3. The molecule has 1 heterocycles. The maximum atomic E-state index is 7.84. The Bertz CT molecular complexity index is 367. The van der Waals surface area contributed by atoms with Crippen molar-refractivity contribution in [2.24, 2.45) is 0 Å². The van der Waals surface area contributed by atoms with Crippen molar-refractivity contribution in [3.05, 3.63) is 28.6 Å². The molecule has 0 aliphatic heterocycles. The average molecular weight is 174 g/mol. The third-order valence-corrected chi connectivity index (χ3v) is 2.56. The molecule has 68 valence electrons. The van der Waals surface area contributed by atoms with Gasteiger partial charge in [0.15, 0.2) is 0 Å². The predicted molar refractivity (Wildman–Crippen MR) is 53.5 cm³/mol. The van der Waals surface area contributed by atoms with Gasteiger partial charge in [-0.1, -0.05) is 0 Å². The molecule has 0 spiro atoms. The van der Waals surface area contributed by atoms with Crippen LogP contribution in [0.2, 0.25) is 0 Å². The summed E-state index contributed by atoms with van der Waals surface area (Å²) < 4.78 is 0. The molecule has 0 saturated carbocycles. The van der Waals surface area contributed by atoms with Crippen molar-refractivity contribution in [3.63, 3.8) is 0 Å². The molecule has 1 aromatic heterocycles. The van der Waals surface area contributed by atoms with E-state index in [4.69, 9.17) is 5.41 Å². The maximum absolute atomic E-state index is 7.84. The van der Waals surface area contributed by atoms with Crippen LogP contribution in [0.25, 0.3) is 0 Å². The second kappa shape index (κ2) is 2.95. The molecular formula is C11H14N2. The normalized spacial score (nSPS) is 15.7. The lowest BCUT2D eigenvalue weighted by molar-refractivity contribution is 0.797. The second-order valence-electron chi connectivity index (χ2n) is 3.73. The van der Waals surface area contributed by atoms with Crippen molar-refractivity contribution in [2.75, 3.05) is 0 Å². The van der Waals surface area contributed by atoms with Crippen molar-refractivity contribution in [2.45, 2.75) is 33.1 Å². The molecular weight excluding hydrogens is 160 g/mol. The van der Waals surface area contributed by atoms with Gasteiger partial charge in [0.1, 0.15) is 0 Å². The highest BCUT2D eigenvalue weighted by Crippen LogP contribution is 2.22. The first-order valence-corrected chi connectivity index (χ1v) is 4.73. The number of pyridine rings is 1. The predicted octanol–water partition coefficient (Wildman–Crippen LogP) is 2.40. The summed E-state index contributed by atoms with van der Waals surface area (Å²) in [6, 6.07) is 2.07. The number of hydrogen-bond acceptors (Lipinski definition) is 2. The van der Waals surface area contributed by atoms with Crippen molar-refractivity contribution in [1.82, 2.24) is 4.98 Å². The molecule has 0 radical (unpaired) electrons. The number of rotatable bonds is 0. The van der Waals surface area contributed by atoms with E-state index in [1.54, 1.807) is 0 Å². The Balaban J connectivity index is 2.63. The first-order chi connectivity index (χ1) is 6.18. The summed E-state index contributed by atoms with van der Waals surface area (Å²) >= 11 is 0. The minimum Gasteiger partial charge on any atom is -0.305 e. The van der Waals surface area contributed by atoms with Gasteiger partial charge in [-0.05, 0) is 44.7 Å². The van der Waals surface area contributed by atoms with Crippen LogP contribution in [0.4, 0.5) is 0 Å². The summed E-state index contributed by atoms with van der Waals surface area (Å²) in [4.78, 5) is 4.48. The van der Waals surface area contributed by atoms with E-state index in [1.807, 2.05) is 6.92 Å². The van der Waals surface area contributed by atoms with E-state index in [1.165, 1.54) is 5.56 Å². The fraction of sp³-hybridized carbons (Fsp3) is 0.455. The molecule has 1 aromatic rings. The number of hydrogen-bond donors (Lipinski definition) is 1. The Kier molecular flexibility index (Phi) is 1.91. The first-order valence-electron chi connectivity index (χ1n) is 4.73. The van der Waals surface area contributed by atoms with Crippen molar-refractivity contribution < 1.29 is 0 Å². The molecule has 2 heteroatoms. The summed E-state index contributed by atoms with van der Waals surface area (Å²) in [5, 5.41) is 7.84. The third-order valence-electron chi connectivity index (χ3n) is 2.56. The zero-order valence-electron chi connectivity index (χ0n) is 8.15. The van der Waals surface area contributed by atoms with E-state index in [0.717, 1.165) is 41.9 Å². The quantitative estimate of drug-likeness (QED) is 0.644. The van der Waals surface area contributed by atoms with Crippen LogP contribution in [-0.4, -0.2) is 10.7 Å². The summed E-state index contributed by atoms with van der Waals surface area (Å²) in [6.45, 7) is 4.10. The van der Waals surface area contributed by atoms with Crippen LogP contribution in [0.5, 0.6) is 0 Å². The molecule has 1 N–H and O–H groups in total. The average Bonchev–Trinajstić information content (AvgIpc) is 2.02. The number of aryl methyl sites for hydroxylation is 3. The van der Waals surface area contributed by atoms with Gasteiger partial charge in [-0.25, -0.2) is 0 Å². The van der Waals surface area contributed by atoms with Gasteiger partial charge in [-0.2, -0.15) is 0 Å². The van der Waals surface area contributed by atoms with E-state index in [0.29, 0.717) is 0 Å². The Morgan fingerprint density at radius 3 is 2.85 bits per heavy atom. The molecule has 0 fully saturated rings. The van der Waals surface area contributed by atoms with Crippen LogP contribution >= 0.6 is 0 Å². The van der Waals surface area contributed by atoms with Crippen molar-refractivity contribution >= 4 is 5.71 Å². The SMILES string of the molecule is Cc1cc(C)c2c(n1)CCCC2=N. The Morgan fingerprint density at radius 1 is 1.31 bits per heavy atom. The molecule has 2 nitrogen and oxygen atoms in total. The van der Waals surface area contributed by atoms with E-state index < -0.39 is 0 Å². The van der Waals surface area contributed by atoms with Crippen LogP contribution in [0.3, 0.4) is 0 Å². The van der Waals surface area contributed by atoms with Gasteiger partial charge in [0.2, 0.25) is 0 Å². The molecule has 0 saturated heterocycles. The first kappa shape index (κ1) is 8.42. The molecule has 0 atom stereocenters. The molecule has 2 rings (SSSR count). The minimum atomic E-state index is 0.770. The molecule has 0 bridgehead atoms. The lowest BCUT2D eigenvalue weighted by atomic mass is 9.90. The number of aromatic nitrogens is 1. The number of fused-ring (bicyclic) bond motifs is 1. The number of nitrogens with one attached hydrogen (secondary N) is 1. The van der Waals surface area contributed by atoms with Crippen LogP contribution in [-0.2, 0) is 6.42 Å². The molecule has 13 heavy (non-hydrogen) atoms. The molecule has 1 aliphatic carbocycles. The third kappa shape index (κ3) is 1.37. The van der Waals surface area contributed by atoms with Crippen LogP contribution < -0.4 is 0 Å². The fourth-order valence-corrected chi connectivity index (χ4v) is 2.06. The van der Waals surface area contributed by atoms with Gasteiger partial charge in [0.05, 0.1) is 0 Å². The van der Waals surface area contributed by atoms with Gasteiger partial charge >= 0.3 is 0 Å². The maximum Gasteiger partial charge on any atom is 0.0499 e. The van der Waals surface area contributed by atoms with Gasteiger partial charge in [-0.3, -0.25) is 4.98 Å². The summed E-state index contributed by atoms with van der Waals surface area (Å²) in [6.07, 6.45) is 3.04. The summed E-state index contributed by atoms with van der Waals surface area (Å²) in [7, 11) is 0. The van der Waals surface area contributed by atoms with Crippen molar-refractivity contribution in [1.29, 1.82) is 5.41 Å². The Morgan fingerprint density at radius 2 is 2.08 bits per heavy atom.